The third-order valence-electron chi connectivity index (χ3n) is 2.61. The fourth-order valence-electron chi connectivity index (χ4n) is 1.92. The van der Waals surface area contributed by atoms with E-state index < -0.39 is 0 Å². The number of halogens is 2. The van der Waals surface area contributed by atoms with Crippen molar-refractivity contribution in [2.75, 3.05) is 11.5 Å². The van der Waals surface area contributed by atoms with Crippen LogP contribution in [0.3, 0.4) is 0 Å². The van der Waals surface area contributed by atoms with Crippen molar-refractivity contribution < 1.29 is 0 Å². The second kappa shape index (κ2) is 5.32. The lowest BCUT2D eigenvalue weighted by atomic mass is 9.89. The van der Waals surface area contributed by atoms with Crippen LogP contribution >= 0.6 is 24.8 Å². The maximum absolute atomic E-state index is 5.85. The van der Waals surface area contributed by atoms with Gasteiger partial charge in [-0.15, -0.1) is 24.8 Å². The number of hydrogen-bond donors (Lipinski definition) is 2. The monoisotopic (exact) mass is 234 g/mol. The molecule has 4 N–H and O–H groups in total. The van der Waals surface area contributed by atoms with E-state index in [0.717, 1.165) is 24.2 Å². The summed E-state index contributed by atoms with van der Waals surface area (Å²) in [5.74, 6) is 0. The maximum Gasteiger partial charge on any atom is 0.0350 e. The third-order valence-corrected chi connectivity index (χ3v) is 2.61. The summed E-state index contributed by atoms with van der Waals surface area (Å²) >= 11 is 0. The molecule has 0 saturated carbocycles. The second-order valence-corrected chi connectivity index (χ2v) is 3.41. The van der Waals surface area contributed by atoms with Crippen molar-refractivity contribution in [1.29, 1.82) is 0 Å². The molecule has 0 spiro atoms. The van der Waals surface area contributed by atoms with Gasteiger partial charge in [0.05, 0.1) is 0 Å². The van der Waals surface area contributed by atoms with Crippen LogP contribution in [0.25, 0.3) is 0 Å². The SMILES string of the molecule is Cl.Cl.Nc1ccc(N)c2c1CCCC2. The minimum Gasteiger partial charge on any atom is -0.398 e. The van der Waals surface area contributed by atoms with Crippen LogP contribution in [-0.2, 0) is 12.8 Å². The third kappa shape index (κ3) is 2.25. The lowest BCUT2D eigenvalue weighted by Gasteiger charge is -2.19. The molecule has 0 amide bonds. The Morgan fingerprint density at radius 1 is 0.786 bits per heavy atom. The van der Waals surface area contributed by atoms with E-state index in [1.807, 2.05) is 12.1 Å². The largest absolute Gasteiger partial charge is 0.398 e. The van der Waals surface area contributed by atoms with Gasteiger partial charge < -0.3 is 11.5 Å². The fraction of sp³-hybridized carbons (Fsp3) is 0.400. The van der Waals surface area contributed by atoms with Crippen LogP contribution in [0.2, 0.25) is 0 Å². The summed E-state index contributed by atoms with van der Waals surface area (Å²) in [6.07, 6.45) is 4.71. The van der Waals surface area contributed by atoms with Crippen LogP contribution in [0.15, 0.2) is 12.1 Å². The molecule has 0 fully saturated rings. The molecule has 0 atom stereocenters. The molecule has 14 heavy (non-hydrogen) atoms. The van der Waals surface area contributed by atoms with E-state index in [-0.39, 0.29) is 24.8 Å². The Balaban J connectivity index is 0.000000845. The minimum atomic E-state index is 0. The molecule has 0 radical (unpaired) electrons. The van der Waals surface area contributed by atoms with Gasteiger partial charge in [0.1, 0.15) is 0 Å². The Kier molecular flexibility index (Phi) is 5.09. The van der Waals surface area contributed by atoms with Crippen molar-refractivity contribution in [3.05, 3.63) is 23.3 Å². The lowest BCUT2D eigenvalue weighted by molar-refractivity contribution is 0.689. The van der Waals surface area contributed by atoms with Crippen molar-refractivity contribution in [2.45, 2.75) is 25.7 Å². The molecule has 0 heterocycles. The van der Waals surface area contributed by atoms with E-state index in [4.69, 9.17) is 11.5 Å². The van der Waals surface area contributed by atoms with Gasteiger partial charge in [-0.2, -0.15) is 0 Å². The summed E-state index contributed by atoms with van der Waals surface area (Å²) in [4.78, 5) is 0. The normalized spacial score (nSPS) is 13.4. The number of hydrogen-bond acceptors (Lipinski definition) is 2. The van der Waals surface area contributed by atoms with Crippen LogP contribution in [-0.4, -0.2) is 0 Å². The predicted octanol–water partition coefficient (Wildman–Crippen LogP) is 2.57. The molecule has 80 valence electrons. The van der Waals surface area contributed by atoms with Gasteiger partial charge in [0, 0.05) is 11.4 Å². The van der Waals surface area contributed by atoms with Gasteiger partial charge >= 0.3 is 0 Å². The molecule has 2 rings (SSSR count). The zero-order valence-corrected chi connectivity index (χ0v) is 9.59. The minimum absolute atomic E-state index is 0. The van der Waals surface area contributed by atoms with Crippen LogP contribution < -0.4 is 11.5 Å². The highest BCUT2D eigenvalue weighted by atomic mass is 35.5. The average molecular weight is 235 g/mol. The highest BCUT2D eigenvalue weighted by Gasteiger charge is 2.13. The van der Waals surface area contributed by atoms with Crippen molar-refractivity contribution in [2.24, 2.45) is 0 Å². The highest BCUT2D eigenvalue weighted by Crippen LogP contribution is 2.30. The molecule has 4 heteroatoms. The van der Waals surface area contributed by atoms with Gasteiger partial charge in [0.25, 0.3) is 0 Å². The quantitative estimate of drug-likeness (QED) is 0.679. The summed E-state index contributed by atoms with van der Waals surface area (Å²) in [5, 5.41) is 0. The predicted molar refractivity (Wildman–Crippen MR) is 66.4 cm³/mol. The maximum atomic E-state index is 5.85. The Morgan fingerprint density at radius 3 is 1.50 bits per heavy atom. The van der Waals surface area contributed by atoms with E-state index in [9.17, 15) is 0 Å². The molecule has 2 nitrogen and oxygen atoms in total. The molecule has 0 saturated heterocycles. The van der Waals surface area contributed by atoms with E-state index in [2.05, 4.69) is 0 Å². The summed E-state index contributed by atoms with van der Waals surface area (Å²) in [5.41, 5.74) is 16.1. The van der Waals surface area contributed by atoms with Gasteiger partial charge in [-0.25, -0.2) is 0 Å². The van der Waals surface area contributed by atoms with Crippen LogP contribution in [0.4, 0.5) is 11.4 Å². The first kappa shape index (κ1) is 13.4. The average Bonchev–Trinajstić information content (AvgIpc) is 2.12. The van der Waals surface area contributed by atoms with Gasteiger partial charge in [0.2, 0.25) is 0 Å². The highest BCUT2D eigenvalue weighted by molar-refractivity contribution is 5.85. The van der Waals surface area contributed by atoms with Crippen molar-refractivity contribution >= 4 is 36.2 Å². The molecule has 1 aliphatic rings. The van der Waals surface area contributed by atoms with Gasteiger partial charge in [0.15, 0.2) is 0 Å². The molecule has 0 unspecified atom stereocenters. The molecule has 0 aliphatic heterocycles. The van der Waals surface area contributed by atoms with E-state index in [1.165, 1.54) is 24.0 Å². The van der Waals surface area contributed by atoms with Crippen LogP contribution in [0.5, 0.6) is 0 Å². The Morgan fingerprint density at radius 2 is 1.14 bits per heavy atom. The van der Waals surface area contributed by atoms with Gasteiger partial charge in [-0.1, -0.05) is 0 Å². The van der Waals surface area contributed by atoms with E-state index >= 15 is 0 Å². The zero-order chi connectivity index (χ0) is 8.55. The Hall–Kier alpha value is -0.600. The molecule has 1 aromatic rings. The number of benzene rings is 1. The molecule has 0 aromatic heterocycles. The summed E-state index contributed by atoms with van der Waals surface area (Å²) in [6.45, 7) is 0. The summed E-state index contributed by atoms with van der Waals surface area (Å²) in [6, 6.07) is 3.83. The van der Waals surface area contributed by atoms with Crippen molar-refractivity contribution in [1.82, 2.24) is 0 Å². The first-order chi connectivity index (χ1) is 5.79. The lowest BCUT2D eigenvalue weighted by Crippen LogP contribution is -2.08. The first-order valence-corrected chi connectivity index (χ1v) is 4.45. The molecule has 0 bridgehead atoms. The Bertz CT molecular complexity index is 282. The number of fused-ring (bicyclic) bond motifs is 1. The van der Waals surface area contributed by atoms with Gasteiger partial charge in [-0.3, -0.25) is 0 Å². The second-order valence-electron chi connectivity index (χ2n) is 3.41. The van der Waals surface area contributed by atoms with E-state index in [0.29, 0.717) is 0 Å². The van der Waals surface area contributed by atoms with Crippen molar-refractivity contribution in [3.8, 4) is 0 Å². The summed E-state index contributed by atoms with van der Waals surface area (Å²) < 4.78 is 0. The molecular formula is C10H16Cl2N2. The number of anilines is 2. The van der Waals surface area contributed by atoms with E-state index in [1.54, 1.807) is 0 Å². The van der Waals surface area contributed by atoms with Crippen LogP contribution in [0.1, 0.15) is 24.0 Å². The Labute approximate surface area is 96.9 Å². The van der Waals surface area contributed by atoms with Crippen molar-refractivity contribution in [3.63, 3.8) is 0 Å². The zero-order valence-electron chi connectivity index (χ0n) is 7.95. The number of rotatable bonds is 0. The number of nitrogen functional groups attached to an aromatic ring is 2. The first-order valence-electron chi connectivity index (χ1n) is 4.45. The fourth-order valence-corrected chi connectivity index (χ4v) is 1.92. The smallest absolute Gasteiger partial charge is 0.0350 e. The topological polar surface area (TPSA) is 52.0 Å². The molecule has 1 aromatic carbocycles. The molecule has 1 aliphatic carbocycles. The summed E-state index contributed by atoms with van der Waals surface area (Å²) in [7, 11) is 0. The standard InChI is InChI=1S/C10H14N2.2ClH/c11-9-5-6-10(12)8-4-2-1-3-7(8)9;;/h5-6H,1-4,11-12H2;2*1H. The van der Waals surface area contributed by atoms with Crippen LogP contribution in [0, 0.1) is 0 Å². The number of nitrogens with two attached hydrogens (primary N) is 2. The molecular weight excluding hydrogens is 219 g/mol. The van der Waals surface area contributed by atoms with Gasteiger partial charge in [-0.05, 0) is 48.9 Å².